The van der Waals surface area contributed by atoms with Crippen LogP contribution in [0.1, 0.15) is 46.0 Å². The lowest BCUT2D eigenvalue weighted by Crippen LogP contribution is -2.68. The van der Waals surface area contributed by atoms with Crippen molar-refractivity contribution in [2.24, 2.45) is 28.9 Å². The van der Waals surface area contributed by atoms with Crippen LogP contribution >= 0.6 is 15.9 Å². The van der Waals surface area contributed by atoms with Crippen molar-refractivity contribution in [3.05, 3.63) is 22.7 Å². The third kappa shape index (κ3) is 3.51. The number of carbonyl (C=O) groups is 2. The number of methoxy groups -OCH3 is 1. The second-order valence-electron chi connectivity index (χ2n) is 9.49. The van der Waals surface area contributed by atoms with E-state index in [-0.39, 0.29) is 17.9 Å². The van der Waals surface area contributed by atoms with Crippen LogP contribution in [0.2, 0.25) is 0 Å². The highest BCUT2D eigenvalue weighted by molar-refractivity contribution is 9.10. The quantitative estimate of drug-likeness (QED) is 0.674. The molecule has 4 fully saturated rings. The van der Waals surface area contributed by atoms with Crippen molar-refractivity contribution in [2.45, 2.75) is 57.6 Å². The molecule has 3 unspecified atom stereocenters. The summed E-state index contributed by atoms with van der Waals surface area (Å²) in [5.41, 5.74) is 4.19. The van der Waals surface area contributed by atoms with Crippen molar-refractivity contribution in [2.75, 3.05) is 7.11 Å². The molecule has 4 aliphatic rings. The molecule has 3 atom stereocenters. The summed E-state index contributed by atoms with van der Waals surface area (Å²) < 4.78 is 12.0. The van der Waals surface area contributed by atoms with Gasteiger partial charge in [0.2, 0.25) is 5.91 Å². The predicted octanol–water partition coefficient (Wildman–Crippen LogP) is 3.41. The molecule has 29 heavy (non-hydrogen) atoms. The van der Waals surface area contributed by atoms with Crippen LogP contribution in [0.25, 0.3) is 0 Å². The molecule has 7 heteroatoms. The number of benzene rings is 1. The normalized spacial score (nSPS) is 32.7. The highest BCUT2D eigenvalue weighted by Crippen LogP contribution is 2.60. The van der Waals surface area contributed by atoms with E-state index in [9.17, 15) is 9.59 Å². The molecule has 6 nitrogen and oxygen atoms in total. The van der Waals surface area contributed by atoms with Gasteiger partial charge in [-0.1, -0.05) is 0 Å². The van der Waals surface area contributed by atoms with E-state index in [1.807, 2.05) is 0 Å². The molecule has 0 spiro atoms. The van der Waals surface area contributed by atoms with Gasteiger partial charge in [-0.15, -0.1) is 0 Å². The maximum absolute atomic E-state index is 13.2. The SMILES string of the molecule is COc1ccc(OC(C)(C)C(=O)NC2C3CC4CC(C3)CC2(C(N)=O)C4)cc1Br. The first-order valence-electron chi connectivity index (χ1n) is 10.3. The van der Waals surface area contributed by atoms with Crippen LogP contribution in [0.3, 0.4) is 0 Å². The van der Waals surface area contributed by atoms with Crippen molar-refractivity contribution in [3.8, 4) is 11.5 Å². The topological polar surface area (TPSA) is 90.7 Å². The number of hydrogen-bond donors (Lipinski definition) is 2. The molecule has 0 saturated heterocycles. The number of halogens is 1. The first kappa shape index (κ1) is 20.5. The van der Waals surface area contributed by atoms with E-state index in [0.29, 0.717) is 29.3 Å². The molecular weight excluding hydrogens is 436 g/mol. The van der Waals surface area contributed by atoms with Crippen molar-refractivity contribution in [3.63, 3.8) is 0 Å². The van der Waals surface area contributed by atoms with Gasteiger partial charge in [-0.3, -0.25) is 9.59 Å². The third-order valence-corrected chi connectivity index (χ3v) is 7.75. The van der Waals surface area contributed by atoms with Crippen molar-refractivity contribution in [1.29, 1.82) is 0 Å². The minimum Gasteiger partial charge on any atom is -0.496 e. The highest BCUT2D eigenvalue weighted by atomic mass is 79.9. The van der Waals surface area contributed by atoms with Gasteiger partial charge in [0.25, 0.3) is 5.91 Å². The summed E-state index contributed by atoms with van der Waals surface area (Å²) in [6.07, 6.45) is 4.94. The number of hydrogen-bond acceptors (Lipinski definition) is 4. The summed E-state index contributed by atoms with van der Waals surface area (Å²) in [5, 5.41) is 3.18. The molecule has 5 rings (SSSR count). The molecule has 0 aliphatic heterocycles. The van der Waals surface area contributed by atoms with Crippen LogP contribution < -0.4 is 20.5 Å². The summed E-state index contributed by atoms with van der Waals surface area (Å²) >= 11 is 3.44. The van der Waals surface area contributed by atoms with Gasteiger partial charge < -0.3 is 20.5 Å². The fourth-order valence-electron chi connectivity index (χ4n) is 6.02. The monoisotopic (exact) mass is 464 g/mol. The molecule has 158 valence electrons. The second-order valence-corrected chi connectivity index (χ2v) is 10.3. The van der Waals surface area contributed by atoms with Crippen LogP contribution in [0.5, 0.6) is 11.5 Å². The van der Waals surface area contributed by atoms with Crippen LogP contribution in [-0.2, 0) is 9.59 Å². The van der Waals surface area contributed by atoms with Gasteiger partial charge >= 0.3 is 0 Å². The molecule has 0 aromatic heterocycles. The van der Waals surface area contributed by atoms with Crippen LogP contribution in [0, 0.1) is 23.2 Å². The number of carbonyl (C=O) groups excluding carboxylic acids is 2. The Balaban J connectivity index is 1.51. The summed E-state index contributed by atoms with van der Waals surface area (Å²) in [7, 11) is 1.59. The number of nitrogens with one attached hydrogen (secondary N) is 1. The Kier molecular flexibility index (Phi) is 5.08. The van der Waals surface area contributed by atoms with E-state index in [1.54, 1.807) is 39.2 Å². The Morgan fingerprint density at radius 3 is 2.41 bits per heavy atom. The molecule has 1 aromatic carbocycles. The number of rotatable bonds is 6. The highest BCUT2D eigenvalue weighted by Gasteiger charge is 2.60. The van der Waals surface area contributed by atoms with Gasteiger partial charge in [-0.2, -0.15) is 0 Å². The number of primary amides is 1. The van der Waals surface area contributed by atoms with E-state index < -0.39 is 11.0 Å². The Morgan fingerprint density at radius 2 is 1.86 bits per heavy atom. The average Bonchev–Trinajstić information content (AvgIpc) is 2.63. The fraction of sp³-hybridized carbons (Fsp3) is 0.636. The first-order valence-corrected chi connectivity index (χ1v) is 11.1. The average molecular weight is 465 g/mol. The standard InChI is InChI=1S/C22H29BrN2O4/c1-21(2,29-15-4-5-17(28-3)16(23)9-15)20(27)25-18-14-7-12-6-13(8-14)11-22(18,10-12)19(24)26/h4-5,9,12-14,18H,6-8,10-11H2,1-3H3,(H2,24,26)(H,25,27). The smallest absolute Gasteiger partial charge is 0.263 e. The molecular formula is C22H29BrN2O4. The molecule has 2 amide bonds. The number of nitrogens with two attached hydrogens (primary N) is 1. The third-order valence-electron chi connectivity index (χ3n) is 7.13. The minimum absolute atomic E-state index is 0.203. The molecule has 0 heterocycles. The lowest BCUT2D eigenvalue weighted by molar-refractivity contribution is -0.154. The van der Waals surface area contributed by atoms with Crippen molar-refractivity contribution < 1.29 is 19.1 Å². The summed E-state index contributed by atoms with van der Waals surface area (Å²) in [6.45, 7) is 3.49. The van der Waals surface area contributed by atoms with Gasteiger partial charge in [0.05, 0.1) is 17.0 Å². The number of ether oxygens (including phenoxy) is 2. The zero-order chi connectivity index (χ0) is 21.0. The maximum Gasteiger partial charge on any atom is 0.263 e. The van der Waals surface area contributed by atoms with E-state index in [1.165, 1.54) is 6.42 Å². The summed E-state index contributed by atoms with van der Waals surface area (Å²) in [4.78, 5) is 25.7. The second kappa shape index (κ2) is 7.18. The zero-order valence-corrected chi connectivity index (χ0v) is 18.8. The summed E-state index contributed by atoms with van der Waals surface area (Å²) in [5.74, 6) is 2.22. The summed E-state index contributed by atoms with van der Waals surface area (Å²) in [6, 6.07) is 5.13. The van der Waals surface area contributed by atoms with E-state index in [2.05, 4.69) is 21.2 Å². The van der Waals surface area contributed by atoms with Crippen molar-refractivity contribution in [1.82, 2.24) is 5.32 Å². The van der Waals surface area contributed by atoms with Gasteiger partial charge in [-0.25, -0.2) is 0 Å². The predicted molar refractivity (Wildman–Crippen MR) is 113 cm³/mol. The molecule has 1 aromatic rings. The maximum atomic E-state index is 13.2. The Hall–Kier alpha value is -1.76. The molecule has 4 bridgehead atoms. The van der Waals surface area contributed by atoms with E-state index >= 15 is 0 Å². The van der Waals surface area contributed by atoms with Gasteiger partial charge in [0.1, 0.15) is 11.5 Å². The zero-order valence-electron chi connectivity index (χ0n) is 17.2. The lowest BCUT2D eigenvalue weighted by Gasteiger charge is -2.59. The van der Waals surface area contributed by atoms with Crippen molar-refractivity contribution >= 4 is 27.7 Å². The van der Waals surface area contributed by atoms with Gasteiger partial charge in [-0.05, 0) is 97.8 Å². The van der Waals surface area contributed by atoms with Gasteiger partial charge in [0.15, 0.2) is 5.60 Å². The number of amides is 2. The first-order chi connectivity index (χ1) is 13.6. The van der Waals surface area contributed by atoms with E-state index in [0.717, 1.165) is 30.2 Å². The minimum atomic E-state index is -1.10. The van der Waals surface area contributed by atoms with E-state index in [4.69, 9.17) is 15.2 Å². The van der Waals surface area contributed by atoms with Crippen LogP contribution in [0.15, 0.2) is 22.7 Å². The molecule has 3 N–H and O–H groups in total. The Labute approximate surface area is 180 Å². The molecule has 4 aliphatic carbocycles. The Morgan fingerprint density at radius 1 is 1.21 bits per heavy atom. The van der Waals surface area contributed by atoms with Gasteiger partial charge in [0, 0.05) is 6.04 Å². The Bertz CT molecular complexity index is 826. The largest absolute Gasteiger partial charge is 0.496 e. The molecule has 4 saturated carbocycles. The van der Waals surface area contributed by atoms with Crippen LogP contribution in [-0.4, -0.2) is 30.6 Å². The molecule has 0 radical (unpaired) electrons. The van der Waals surface area contributed by atoms with Crippen LogP contribution in [0.4, 0.5) is 0 Å². The fourth-order valence-corrected chi connectivity index (χ4v) is 6.54. The lowest BCUT2D eigenvalue weighted by atomic mass is 9.47.